The summed E-state index contributed by atoms with van der Waals surface area (Å²) in [5, 5.41) is 3.80. The number of hydrogen-bond donors (Lipinski definition) is 1. The maximum Gasteiger partial charge on any atom is 0.320 e. The van der Waals surface area contributed by atoms with Crippen LogP contribution in [0.1, 0.15) is 26.3 Å². The zero-order chi connectivity index (χ0) is 13.6. The molecule has 0 fully saturated rings. The summed E-state index contributed by atoms with van der Waals surface area (Å²) in [4.78, 5) is 11.4. The molecule has 0 atom stereocenters. The van der Waals surface area contributed by atoms with Crippen molar-refractivity contribution in [3.05, 3.63) is 34.9 Å². The zero-order valence-corrected chi connectivity index (χ0v) is 11.9. The molecule has 0 aliphatic carbocycles. The van der Waals surface area contributed by atoms with Gasteiger partial charge in [0, 0.05) is 5.02 Å². The standard InChI is InChI=1S/C14H20ClNO2/c1-14(2,3)18-13(17)10-16-9-8-11-4-6-12(15)7-5-11/h4-7,16H,8-10H2,1-3H3. The maximum atomic E-state index is 11.4. The number of ether oxygens (including phenoxy) is 1. The van der Waals surface area contributed by atoms with Gasteiger partial charge in [-0.25, -0.2) is 0 Å². The summed E-state index contributed by atoms with van der Waals surface area (Å²) >= 11 is 5.80. The summed E-state index contributed by atoms with van der Waals surface area (Å²) in [6, 6.07) is 7.70. The van der Waals surface area contributed by atoms with Gasteiger partial charge in [-0.1, -0.05) is 23.7 Å². The van der Waals surface area contributed by atoms with Gasteiger partial charge >= 0.3 is 5.97 Å². The molecule has 0 unspecified atom stereocenters. The number of benzene rings is 1. The van der Waals surface area contributed by atoms with E-state index in [1.165, 1.54) is 5.56 Å². The molecule has 1 aromatic carbocycles. The van der Waals surface area contributed by atoms with E-state index < -0.39 is 5.60 Å². The highest BCUT2D eigenvalue weighted by molar-refractivity contribution is 6.30. The maximum absolute atomic E-state index is 11.4. The molecule has 1 N–H and O–H groups in total. The van der Waals surface area contributed by atoms with Crippen LogP contribution in [0, 0.1) is 0 Å². The van der Waals surface area contributed by atoms with Crippen molar-refractivity contribution in [1.82, 2.24) is 5.32 Å². The molecule has 0 amide bonds. The predicted octanol–water partition coefficient (Wildman–Crippen LogP) is 2.81. The fourth-order valence-electron chi connectivity index (χ4n) is 1.45. The lowest BCUT2D eigenvalue weighted by Gasteiger charge is -2.19. The van der Waals surface area contributed by atoms with E-state index in [1.807, 2.05) is 45.0 Å². The van der Waals surface area contributed by atoms with Crippen LogP contribution < -0.4 is 5.32 Å². The first-order valence-corrected chi connectivity index (χ1v) is 6.41. The quantitative estimate of drug-likeness (QED) is 0.660. The van der Waals surface area contributed by atoms with Crippen LogP contribution in [0.25, 0.3) is 0 Å². The second-order valence-electron chi connectivity index (χ2n) is 5.14. The summed E-state index contributed by atoms with van der Waals surface area (Å²) in [6.07, 6.45) is 0.861. The minimum Gasteiger partial charge on any atom is -0.459 e. The van der Waals surface area contributed by atoms with Crippen molar-refractivity contribution in [2.45, 2.75) is 32.8 Å². The number of carbonyl (C=O) groups is 1. The molecule has 0 radical (unpaired) electrons. The molecule has 0 bridgehead atoms. The minimum absolute atomic E-state index is 0.224. The summed E-state index contributed by atoms with van der Waals surface area (Å²) in [5.74, 6) is -0.224. The first kappa shape index (κ1) is 15.0. The van der Waals surface area contributed by atoms with Crippen LogP contribution in [0.3, 0.4) is 0 Å². The minimum atomic E-state index is -0.422. The molecule has 0 aliphatic heterocycles. The molecule has 4 heteroatoms. The molecule has 100 valence electrons. The Labute approximate surface area is 113 Å². The molecule has 1 aromatic rings. The summed E-state index contributed by atoms with van der Waals surface area (Å²) < 4.78 is 5.19. The Morgan fingerprint density at radius 1 is 1.28 bits per heavy atom. The third kappa shape index (κ3) is 6.62. The van der Waals surface area contributed by atoms with E-state index in [0.717, 1.165) is 18.0 Å². The Bertz CT molecular complexity index is 382. The van der Waals surface area contributed by atoms with Crippen LogP contribution in [0.5, 0.6) is 0 Å². The Hall–Kier alpha value is -1.06. The van der Waals surface area contributed by atoms with Crippen LogP contribution >= 0.6 is 11.6 Å². The predicted molar refractivity (Wildman–Crippen MR) is 73.9 cm³/mol. The van der Waals surface area contributed by atoms with Gasteiger partial charge in [0.1, 0.15) is 5.60 Å². The largest absolute Gasteiger partial charge is 0.459 e. The van der Waals surface area contributed by atoms with Gasteiger partial charge in [0.15, 0.2) is 0 Å². The van der Waals surface area contributed by atoms with E-state index in [4.69, 9.17) is 16.3 Å². The average molecular weight is 270 g/mol. The second-order valence-corrected chi connectivity index (χ2v) is 5.58. The Morgan fingerprint density at radius 2 is 1.89 bits per heavy atom. The number of rotatable bonds is 5. The Morgan fingerprint density at radius 3 is 2.44 bits per heavy atom. The van der Waals surface area contributed by atoms with Crippen LogP contribution in [-0.4, -0.2) is 24.7 Å². The molecular weight excluding hydrogens is 250 g/mol. The molecule has 18 heavy (non-hydrogen) atoms. The number of esters is 1. The SMILES string of the molecule is CC(C)(C)OC(=O)CNCCc1ccc(Cl)cc1. The molecule has 3 nitrogen and oxygen atoms in total. The summed E-state index contributed by atoms with van der Waals surface area (Å²) in [7, 11) is 0. The lowest BCUT2D eigenvalue weighted by atomic mass is 10.1. The molecule has 0 aliphatic rings. The van der Waals surface area contributed by atoms with Crippen molar-refractivity contribution < 1.29 is 9.53 Å². The van der Waals surface area contributed by atoms with Crippen molar-refractivity contribution in [2.24, 2.45) is 0 Å². The van der Waals surface area contributed by atoms with Gasteiger partial charge in [0.2, 0.25) is 0 Å². The number of carbonyl (C=O) groups excluding carboxylic acids is 1. The van der Waals surface area contributed by atoms with Crippen molar-refractivity contribution in [1.29, 1.82) is 0 Å². The van der Waals surface area contributed by atoms with Crippen LogP contribution in [-0.2, 0) is 16.0 Å². The van der Waals surface area contributed by atoms with E-state index in [2.05, 4.69) is 5.32 Å². The van der Waals surface area contributed by atoms with E-state index in [9.17, 15) is 4.79 Å². The third-order valence-electron chi connectivity index (χ3n) is 2.19. The highest BCUT2D eigenvalue weighted by Gasteiger charge is 2.15. The van der Waals surface area contributed by atoms with Gasteiger partial charge in [0.25, 0.3) is 0 Å². The highest BCUT2D eigenvalue weighted by Crippen LogP contribution is 2.09. The summed E-state index contributed by atoms with van der Waals surface area (Å²) in [5.41, 5.74) is 0.769. The number of hydrogen-bond acceptors (Lipinski definition) is 3. The molecular formula is C14H20ClNO2. The highest BCUT2D eigenvalue weighted by atomic mass is 35.5. The zero-order valence-electron chi connectivity index (χ0n) is 11.1. The topological polar surface area (TPSA) is 38.3 Å². The van der Waals surface area contributed by atoms with Gasteiger partial charge in [-0.2, -0.15) is 0 Å². The van der Waals surface area contributed by atoms with Crippen LogP contribution in [0.15, 0.2) is 24.3 Å². The van der Waals surface area contributed by atoms with Crippen LogP contribution in [0.2, 0.25) is 5.02 Å². The Balaban J connectivity index is 2.19. The van der Waals surface area contributed by atoms with Crippen molar-refractivity contribution in [3.8, 4) is 0 Å². The van der Waals surface area contributed by atoms with E-state index in [0.29, 0.717) is 0 Å². The van der Waals surface area contributed by atoms with E-state index in [1.54, 1.807) is 0 Å². The van der Waals surface area contributed by atoms with E-state index >= 15 is 0 Å². The molecule has 0 spiro atoms. The number of halogens is 1. The monoisotopic (exact) mass is 269 g/mol. The van der Waals surface area contributed by atoms with Crippen LogP contribution in [0.4, 0.5) is 0 Å². The van der Waals surface area contributed by atoms with Gasteiger partial charge < -0.3 is 10.1 Å². The van der Waals surface area contributed by atoms with E-state index in [-0.39, 0.29) is 12.5 Å². The van der Waals surface area contributed by atoms with Gasteiger partial charge in [-0.05, 0) is 51.4 Å². The lowest BCUT2D eigenvalue weighted by Crippen LogP contribution is -2.32. The first-order valence-electron chi connectivity index (χ1n) is 6.04. The van der Waals surface area contributed by atoms with Crippen molar-refractivity contribution in [3.63, 3.8) is 0 Å². The molecule has 0 saturated carbocycles. The van der Waals surface area contributed by atoms with Gasteiger partial charge in [0.05, 0.1) is 6.54 Å². The average Bonchev–Trinajstić information content (AvgIpc) is 2.24. The molecule has 0 heterocycles. The molecule has 0 saturated heterocycles. The Kier molecular flexibility index (Phi) is 5.63. The number of nitrogens with one attached hydrogen (secondary N) is 1. The normalized spacial score (nSPS) is 11.3. The fourth-order valence-corrected chi connectivity index (χ4v) is 1.58. The van der Waals surface area contributed by atoms with Crippen molar-refractivity contribution >= 4 is 17.6 Å². The fraction of sp³-hybridized carbons (Fsp3) is 0.500. The lowest BCUT2D eigenvalue weighted by molar-refractivity contribution is -0.153. The molecule has 0 aromatic heterocycles. The van der Waals surface area contributed by atoms with Gasteiger partial charge in [-0.15, -0.1) is 0 Å². The molecule has 1 rings (SSSR count). The first-order chi connectivity index (χ1) is 8.37. The van der Waals surface area contributed by atoms with Crippen molar-refractivity contribution in [2.75, 3.05) is 13.1 Å². The summed E-state index contributed by atoms with van der Waals surface area (Å²) in [6.45, 7) is 6.56. The van der Waals surface area contributed by atoms with Gasteiger partial charge in [-0.3, -0.25) is 4.79 Å². The third-order valence-corrected chi connectivity index (χ3v) is 2.45. The smallest absolute Gasteiger partial charge is 0.320 e. The second kappa shape index (κ2) is 6.76.